The predicted octanol–water partition coefficient (Wildman–Crippen LogP) is 5.33. The number of benzene rings is 1. The number of amides is 1. The number of halogens is 3. The number of furan rings is 1. The van der Waals surface area contributed by atoms with Crippen LogP contribution in [0.25, 0.3) is 11.5 Å². The Morgan fingerprint density at radius 2 is 1.84 bits per heavy atom. The highest BCUT2D eigenvalue weighted by atomic mass is 32.2. The van der Waals surface area contributed by atoms with E-state index >= 15 is 0 Å². The largest absolute Gasteiger partial charge is 0.463 e. The Morgan fingerprint density at radius 1 is 1.13 bits per heavy atom. The molecule has 0 aliphatic rings. The quantitative estimate of drug-likeness (QED) is 0.369. The molecule has 0 atom stereocenters. The summed E-state index contributed by atoms with van der Waals surface area (Å²) in [5.41, 5.74) is 0.550. The van der Waals surface area contributed by atoms with Gasteiger partial charge in [0.05, 0.1) is 12.0 Å². The molecule has 0 bridgehead atoms. The van der Waals surface area contributed by atoms with Crippen LogP contribution < -0.4 is 10.2 Å². The maximum Gasteiger partial charge on any atom is 0.433 e. The van der Waals surface area contributed by atoms with Gasteiger partial charge in [-0.15, -0.1) is 0 Å². The molecule has 3 rings (SSSR count). The van der Waals surface area contributed by atoms with Crippen molar-refractivity contribution in [1.82, 2.24) is 9.97 Å². The van der Waals surface area contributed by atoms with Crippen LogP contribution in [0.5, 0.6) is 0 Å². The van der Waals surface area contributed by atoms with Crippen molar-refractivity contribution in [3.63, 3.8) is 0 Å². The van der Waals surface area contributed by atoms with Crippen LogP contribution in [0.2, 0.25) is 0 Å². The molecule has 1 amide bonds. The molecule has 1 N–H and O–H groups in total. The zero-order valence-corrected chi connectivity index (χ0v) is 17.8. The second-order valence-corrected chi connectivity index (χ2v) is 7.39. The van der Waals surface area contributed by atoms with Crippen LogP contribution in [0.15, 0.2) is 58.3 Å². The highest BCUT2D eigenvalue weighted by Crippen LogP contribution is 2.32. The van der Waals surface area contributed by atoms with E-state index in [2.05, 4.69) is 34.0 Å². The maximum atomic E-state index is 13.2. The van der Waals surface area contributed by atoms with Crippen LogP contribution >= 0.6 is 11.8 Å². The number of nitrogens with one attached hydrogen (secondary N) is 1. The second kappa shape index (κ2) is 9.86. The first-order valence-corrected chi connectivity index (χ1v) is 10.6. The molecule has 0 saturated heterocycles. The summed E-state index contributed by atoms with van der Waals surface area (Å²) in [6.07, 6.45) is -3.30. The summed E-state index contributed by atoms with van der Waals surface area (Å²) in [4.78, 5) is 22.1. The maximum absolute atomic E-state index is 13.2. The molecule has 0 aliphatic carbocycles. The first-order chi connectivity index (χ1) is 14.8. The third-order valence-corrected chi connectivity index (χ3v) is 5.23. The molecule has 0 spiro atoms. The van der Waals surface area contributed by atoms with Gasteiger partial charge in [0.25, 0.3) is 0 Å². The summed E-state index contributed by atoms with van der Waals surface area (Å²) in [5, 5.41) is 2.57. The summed E-state index contributed by atoms with van der Waals surface area (Å²) >= 11 is 0.821. The second-order valence-electron chi connectivity index (χ2n) is 6.45. The van der Waals surface area contributed by atoms with E-state index < -0.39 is 11.9 Å². The number of carbonyl (C=O) groups is 1. The van der Waals surface area contributed by atoms with Gasteiger partial charge in [-0.05, 0) is 56.3 Å². The van der Waals surface area contributed by atoms with Crippen LogP contribution in [0.3, 0.4) is 0 Å². The van der Waals surface area contributed by atoms with Gasteiger partial charge in [-0.25, -0.2) is 9.97 Å². The normalized spacial score (nSPS) is 11.4. The Hall–Kier alpha value is -3.01. The summed E-state index contributed by atoms with van der Waals surface area (Å²) in [6, 6.07) is 11.3. The predicted molar refractivity (Wildman–Crippen MR) is 114 cm³/mol. The van der Waals surface area contributed by atoms with Crippen molar-refractivity contribution in [3.05, 3.63) is 54.4 Å². The van der Waals surface area contributed by atoms with Crippen molar-refractivity contribution in [3.8, 4) is 11.5 Å². The molecule has 6 nitrogen and oxygen atoms in total. The van der Waals surface area contributed by atoms with Gasteiger partial charge < -0.3 is 14.6 Å². The molecule has 164 valence electrons. The lowest BCUT2D eigenvalue weighted by Crippen LogP contribution is -2.21. The third-order valence-electron chi connectivity index (χ3n) is 4.38. The van der Waals surface area contributed by atoms with Gasteiger partial charge in [-0.3, -0.25) is 4.79 Å². The zero-order valence-electron chi connectivity index (χ0n) is 16.9. The monoisotopic (exact) mass is 450 g/mol. The van der Waals surface area contributed by atoms with E-state index in [1.165, 1.54) is 12.3 Å². The highest BCUT2D eigenvalue weighted by molar-refractivity contribution is 7.99. The lowest BCUT2D eigenvalue weighted by molar-refractivity contribution is -0.141. The number of carbonyl (C=O) groups excluding carboxylic acids is 1. The number of aromatic nitrogens is 2. The SMILES string of the molecule is CCN(CC)c1ccc(NC(=O)CSc2nc(-c3ccco3)cc(C(F)(F)F)n2)cc1. The fourth-order valence-corrected chi connectivity index (χ4v) is 3.52. The minimum Gasteiger partial charge on any atom is -0.463 e. The number of thioether (sulfide) groups is 1. The van der Waals surface area contributed by atoms with Crippen molar-refractivity contribution >= 4 is 29.0 Å². The Kier molecular flexibility index (Phi) is 7.21. The van der Waals surface area contributed by atoms with Gasteiger partial charge in [0.2, 0.25) is 5.91 Å². The van der Waals surface area contributed by atoms with Gasteiger partial charge in [0.15, 0.2) is 10.9 Å². The van der Waals surface area contributed by atoms with Gasteiger partial charge in [0, 0.05) is 24.5 Å². The summed E-state index contributed by atoms with van der Waals surface area (Å²) in [6.45, 7) is 5.86. The van der Waals surface area contributed by atoms with Gasteiger partial charge in [0.1, 0.15) is 11.4 Å². The Bertz CT molecular complexity index is 1000. The summed E-state index contributed by atoms with van der Waals surface area (Å²) < 4.78 is 44.8. The Balaban J connectivity index is 1.67. The van der Waals surface area contributed by atoms with Crippen LogP contribution in [0, 0.1) is 0 Å². The van der Waals surface area contributed by atoms with E-state index in [9.17, 15) is 18.0 Å². The average molecular weight is 450 g/mol. The molecular formula is C21H21F3N4O2S. The van der Waals surface area contributed by atoms with E-state index in [-0.39, 0.29) is 28.3 Å². The first-order valence-electron chi connectivity index (χ1n) is 9.58. The van der Waals surface area contributed by atoms with E-state index in [1.807, 2.05) is 12.1 Å². The van der Waals surface area contributed by atoms with E-state index in [0.29, 0.717) is 5.69 Å². The number of anilines is 2. The molecular weight excluding hydrogens is 429 g/mol. The lowest BCUT2D eigenvalue weighted by Gasteiger charge is -2.21. The number of rotatable bonds is 8. The van der Waals surface area contributed by atoms with E-state index in [1.54, 1.807) is 18.2 Å². The Morgan fingerprint density at radius 3 is 2.42 bits per heavy atom. The summed E-state index contributed by atoms with van der Waals surface area (Å²) in [5.74, 6) is -0.329. The van der Waals surface area contributed by atoms with Crippen molar-refractivity contribution in [2.24, 2.45) is 0 Å². The number of nitrogens with zero attached hydrogens (tertiary/aromatic N) is 3. The molecule has 0 aliphatic heterocycles. The van der Waals surface area contributed by atoms with Crippen LogP contribution in [0.1, 0.15) is 19.5 Å². The minimum absolute atomic E-state index is 0.00206. The van der Waals surface area contributed by atoms with Crippen molar-refractivity contribution in [2.45, 2.75) is 25.2 Å². The van der Waals surface area contributed by atoms with E-state index in [4.69, 9.17) is 4.42 Å². The van der Waals surface area contributed by atoms with Gasteiger partial charge in [-0.1, -0.05) is 11.8 Å². The van der Waals surface area contributed by atoms with Crippen molar-refractivity contribution < 1.29 is 22.4 Å². The van der Waals surface area contributed by atoms with Crippen LogP contribution in [-0.2, 0) is 11.0 Å². The smallest absolute Gasteiger partial charge is 0.433 e. The molecule has 2 heterocycles. The lowest BCUT2D eigenvalue weighted by atomic mass is 10.2. The molecule has 31 heavy (non-hydrogen) atoms. The zero-order chi connectivity index (χ0) is 22.4. The van der Waals surface area contributed by atoms with Crippen LogP contribution in [0.4, 0.5) is 24.5 Å². The molecule has 0 unspecified atom stereocenters. The third kappa shape index (κ3) is 6.00. The number of hydrogen-bond donors (Lipinski definition) is 1. The van der Waals surface area contributed by atoms with Crippen LogP contribution in [-0.4, -0.2) is 34.7 Å². The van der Waals surface area contributed by atoms with E-state index in [0.717, 1.165) is 36.6 Å². The van der Waals surface area contributed by atoms with Crippen molar-refractivity contribution in [2.75, 3.05) is 29.1 Å². The van der Waals surface area contributed by atoms with Gasteiger partial charge in [-0.2, -0.15) is 13.2 Å². The molecule has 2 aromatic heterocycles. The topological polar surface area (TPSA) is 71.3 Å². The molecule has 3 aromatic rings. The average Bonchev–Trinajstić information content (AvgIpc) is 3.28. The Labute approximate surface area is 181 Å². The summed E-state index contributed by atoms with van der Waals surface area (Å²) in [7, 11) is 0. The first kappa shape index (κ1) is 22.7. The number of hydrogen-bond acceptors (Lipinski definition) is 6. The van der Waals surface area contributed by atoms with Gasteiger partial charge >= 0.3 is 6.18 Å². The fraction of sp³-hybridized carbons (Fsp3) is 0.286. The fourth-order valence-electron chi connectivity index (χ4n) is 2.86. The minimum atomic E-state index is -4.64. The molecule has 1 aromatic carbocycles. The molecule has 10 heteroatoms. The standard InChI is InChI=1S/C21H21F3N4O2S/c1-3-28(4-2)15-9-7-14(8-10-15)25-19(29)13-31-20-26-16(17-6-5-11-30-17)12-18(27-20)21(22,23)24/h5-12H,3-4,13H2,1-2H3,(H,25,29). The molecule has 0 saturated carbocycles. The molecule has 0 radical (unpaired) electrons. The number of alkyl halides is 3. The molecule has 0 fully saturated rings. The highest BCUT2D eigenvalue weighted by Gasteiger charge is 2.34. The van der Waals surface area contributed by atoms with Crippen molar-refractivity contribution in [1.29, 1.82) is 0 Å².